The number of halogens is 1. The molecule has 1 aliphatic heterocycles. The predicted octanol–water partition coefficient (Wildman–Crippen LogP) is 2.41. The van der Waals surface area contributed by atoms with Crippen molar-refractivity contribution in [2.75, 3.05) is 27.2 Å². The zero-order valence-corrected chi connectivity index (χ0v) is 14.2. The fourth-order valence-corrected chi connectivity index (χ4v) is 3.31. The van der Waals surface area contributed by atoms with Crippen LogP contribution in [0, 0.1) is 6.92 Å². The lowest BCUT2D eigenvalue weighted by atomic mass is 9.90. The fourth-order valence-electron chi connectivity index (χ4n) is 3.08. The van der Waals surface area contributed by atoms with Gasteiger partial charge in [-0.05, 0) is 30.5 Å². The normalized spacial score (nSPS) is 17.5. The fraction of sp³-hybridized carbons (Fsp3) is 0.500. The first-order valence-corrected chi connectivity index (χ1v) is 7.79. The highest BCUT2D eigenvalue weighted by Crippen LogP contribution is 2.41. The van der Waals surface area contributed by atoms with Crippen LogP contribution in [0.3, 0.4) is 0 Å². The van der Waals surface area contributed by atoms with Gasteiger partial charge in [0.05, 0.1) is 7.11 Å². The van der Waals surface area contributed by atoms with E-state index in [1.807, 2.05) is 13.0 Å². The SMILES string of the molecule is COc1c(CCNC(=O)O)cc(Cl)c(C)c1C1CC(=O)N(C)C1. The van der Waals surface area contributed by atoms with Crippen LogP contribution in [-0.4, -0.2) is 49.3 Å². The number of nitrogens with zero attached hydrogens (tertiary/aromatic N) is 1. The van der Waals surface area contributed by atoms with Crippen LogP contribution in [-0.2, 0) is 11.2 Å². The number of rotatable bonds is 5. The number of benzene rings is 1. The molecule has 1 saturated heterocycles. The van der Waals surface area contributed by atoms with Crippen LogP contribution in [0.25, 0.3) is 0 Å². The van der Waals surface area contributed by atoms with Gasteiger partial charge < -0.3 is 20.1 Å². The molecule has 1 atom stereocenters. The van der Waals surface area contributed by atoms with Gasteiger partial charge >= 0.3 is 6.09 Å². The third-order valence-corrected chi connectivity index (χ3v) is 4.62. The number of amides is 2. The summed E-state index contributed by atoms with van der Waals surface area (Å²) in [5.41, 5.74) is 2.70. The second kappa shape index (κ2) is 7.08. The number of carbonyl (C=O) groups is 2. The lowest BCUT2D eigenvalue weighted by molar-refractivity contribution is -0.126. The van der Waals surface area contributed by atoms with Gasteiger partial charge in [-0.3, -0.25) is 4.79 Å². The van der Waals surface area contributed by atoms with Gasteiger partial charge in [0.1, 0.15) is 5.75 Å². The van der Waals surface area contributed by atoms with E-state index in [2.05, 4.69) is 5.32 Å². The second-order valence-corrected chi connectivity index (χ2v) is 6.15. The van der Waals surface area contributed by atoms with E-state index < -0.39 is 6.09 Å². The predicted molar refractivity (Wildman–Crippen MR) is 87.5 cm³/mol. The van der Waals surface area contributed by atoms with Crippen molar-refractivity contribution in [3.05, 3.63) is 27.8 Å². The van der Waals surface area contributed by atoms with Crippen molar-refractivity contribution in [3.63, 3.8) is 0 Å². The molecular weight excluding hydrogens is 320 g/mol. The van der Waals surface area contributed by atoms with E-state index in [0.717, 1.165) is 16.7 Å². The maximum Gasteiger partial charge on any atom is 0.404 e. The Bertz CT molecular complexity index is 633. The van der Waals surface area contributed by atoms with Crippen molar-refractivity contribution in [3.8, 4) is 5.75 Å². The summed E-state index contributed by atoms with van der Waals surface area (Å²) in [6.07, 6.45) is -0.162. The number of carbonyl (C=O) groups excluding carboxylic acids is 1. The number of carboxylic acid groups (broad SMARTS) is 1. The Labute approximate surface area is 140 Å². The standard InChI is InChI=1S/C16H21ClN2O4/c1-9-12(17)6-10(4-5-18-16(21)22)15(23-3)14(9)11-7-13(20)19(2)8-11/h6,11,18H,4-5,7-8H2,1-3H3,(H,21,22). The maximum absolute atomic E-state index is 11.9. The summed E-state index contributed by atoms with van der Waals surface area (Å²) >= 11 is 6.35. The van der Waals surface area contributed by atoms with Crippen molar-refractivity contribution in [1.29, 1.82) is 0 Å². The molecule has 23 heavy (non-hydrogen) atoms. The summed E-state index contributed by atoms with van der Waals surface area (Å²) in [7, 11) is 3.37. The molecule has 1 unspecified atom stereocenters. The Hall–Kier alpha value is -1.95. The van der Waals surface area contributed by atoms with Gasteiger partial charge in [0, 0.05) is 43.1 Å². The van der Waals surface area contributed by atoms with Crippen molar-refractivity contribution < 1.29 is 19.4 Å². The molecule has 2 N–H and O–H groups in total. The minimum atomic E-state index is -1.06. The summed E-state index contributed by atoms with van der Waals surface area (Å²) in [4.78, 5) is 24.2. The van der Waals surface area contributed by atoms with E-state index in [0.29, 0.717) is 30.2 Å². The van der Waals surface area contributed by atoms with E-state index in [4.69, 9.17) is 21.4 Å². The first-order valence-electron chi connectivity index (χ1n) is 7.41. The van der Waals surface area contributed by atoms with E-state index in [1.165, 1.54) is 0 Å². The summed E-state index contributed by atoms with van der Waals surface area (Å²) in [6, 6.07) is 1.81. The molecule has 2 rings (SSSR count). The lowest BCUT2D eigenvalue weighted by Gasteiger charge is -2.21. The monoisotopic (exact) mass is 340 g/mol. The van der Waals surface area contributed by atoms with E-state index in [9.17, 15) is 9.59 Å². The van der Waals surface area contributed by atoms with Crippen molar-refractivity contribution in [2.24, 2.45) is 0 Å². The van der Waals surface area contributed by atoms with Crippen molar-refractivity contribution >= 4 is 23.6 Å². The van der Waals surface area contributed by atoms with Gasteiger partial charge in [-0.1, -0.05) is 11.6 Å². The molecule has 1 heterocycles. The number of ether oxygens (including phenoxy) is 1. The minimum absolute atomic E-state index is 0.0346. The van der Waals surface area contributed by atoms with Crippen LogP contribution in [0.1, 0.15) is 29.0 Å². The second-order valence-electron chi connectivity index (χ2n) is 5.75. The molecule has 0 radical (unpaired) electrons. The van der Waals surface area contributed by atoms with Gasteiger partial charge in [0.25, 0.3) is 0 Å². The molecule has 0 aromatic heterocycles. The summed E-state index contributed by atoms with van der Waals surface area (Å²) in [5, 5.41) is 11.6. The third-order valence-electron chi connectivity index (χ3n) is 4.22. The topological polar surface area (TPSA) is 78.9 Å². The molecule has 6 nitrogen and oxygen atoms in total. The molecule has 2 amide bonds. The minimum Gasteiger partial charge on any atom is -0.496 e. The molecular formula is C16H21ClN2O4. The zero-order valence-electron chi connectivity index (χ0n) is 13.5. The van der Waals surface area contributed by atoms with Crippen LogP contribution in [0.5, 0.6) is 5.75 Å². The Morgan fingerprint density at radius 2 is 2.26 bits per heavy atom. The van der Waals surface area contributed by atoms with Gasteiger partial charge in [0.2, 0.25) is 5.91 Å². The van der Waals surface area contributed by atoms with Crippen LogP contribution in [0.15, 0.2) is 6.07 Å². The van der Waals surface area contributed by atoms with Crippen LogP contribution in [0.2, 0.25) is 5.02 Å². The number of hydrogen-bond donors (Lipinski definition) is 2. The van der Waals surface area contributed by atoms with Crippen LogP contribution < -0.4 is 10.1 Å². The molecule has 1 fully saturated rings. The average Bonchev–Trinajstić information content (AvgIpc) is 2.81. The highest BCUT2D eigenvalue weighted by molar-refractivity contribution is 6.31. The lowest BCUT2D eigenvalue weighted by Crippen LogP contribution is -2.23. The van der Waals surface area contributed by atoms with Gasteiger partial charge in [-0.15, -0.1) is 0 Å². The highest BCUT2D eigenvalue weighted by atomic mass is 35.5. The molecule has 0 spiro atoms. The quantitative estimate of drug-likeness (QED) is 0.862. The molecule has 126 valence electrons. The van der Waals surface area contributed by atoms with E-state index in [1.54, 1.807) is 19.1 Å². The van der Waals surface area contributed by atoms with Gasteiger partial charge in [-0.25, -0.2) is 4.79 Å². The van der Waals surface area contributed by atoms with E-state index in [-0.39, 0.29) is 18.4 Å². The Kier molecular flexibility index (Phi) is 5.36. The highest BCUT2D eigenvalue weighted by Gasteiger charge is 2.32. The average molecular weight is 341 g/mol. The zero-order chi connectivity index (χ0) is 17.1. The first-order chi connectivity index (χ1) is 10.8. The number of nitrogens with one attached hydrogen (secondary N) is 1. The van der Waals surface area contributed by atoms with Crippen molar-refractivity contribution in [1.82, 2.24) is 10.2 Å². The maximum atomic E-state index is 11.9. The van der Waals surface area contributed by atoms with Crippen molar-refractivity contribution in [2.45, 2.75) is 25.7 Å². The van der Waals surface area contributed by atoms with Crippen LogP contribution in [0.4, 0.5) is 4.79 Å². The summed E-state index contributed by atoms with van der Waals surface area (Å²) < 4.78 is 5.59. The Morgan fingerprint density at radius 3 is 2.78 bits per heavy atom. The number of likely N-dealkylation sites (tertiary alicyclic amines) is 1. The first kappa shape index (κ1) is 17.4. The summed E-state index contributed by atoms with van der Waals surface area (Å²) in [5.74, 6) is 0.838. The molecule has 0 aliphatic carbocycles. The molecule has 1 aromatic carbocycles. The smallest absolute Gasteiger partial charge is 0.404 e. The Balaban J connectivity index is 2.38. The van der Waals surface area contributed by atoms with Gasteiger partial charge in [0.15, 0.2) is 0 Å². The molecule has 1 aliphatic rings. The van der Waals surface area contributed by atoms with Crippen LogP contribution >= 0.6 is 11.6 Å². The largest absolute Gasteiger partial charge is 0.496 e. The Morgan fingerprint density at radius 1 is 1.57 bits per heavy atom. The van der Waals surface area contributed by atoms with E-state index >= 15 is 0 Å². The number of likely N-dealkylation sites (N-methyl/N-ethyl adjacent to an activating group) is 1. The molecule has 1 aromatic rings. The molecule has 7 heteroatoms. The molecule has 0 saturated carbocycles. The van der Waals surface area contributed by atoms with Gasteiger partial charge in [-0.2, -0.15) is 0 Å². The molecule has 0 bridgehead atoms. The number of methoxy groups -OCH3 is 1. The summed E-state index contributed by atoms with van der Waals surface area (Å²) in [6.45, 7) is 2.82. The number of hydrogen-bond acceptors (Lipinski definition) is 3. The third kappa shape index (κ3) is 3.69.